The highest BCUT2D eigenvalue weighted by molar-refractivity contribution is 6.22. The van der Waals surface area contributed by atoms with E-state index in [1.165, 1.54) is 0 Å². The van der Waals surface area contributed by atoms with Crippen LogP contribution in [0.15, 0.2) is 12.2 Å². The van der Waals surface area contributed by atoms with Gasteiger partial charge in [-0.25, -0.2) is 4.79 Å². The van der Waals surface area contributed by atoms with Crippen molar-refractivity contribution in [3.05, 3.63) is 12.2 Å². The van der Waals surface area contributed by atoms with Gasteiger partial charge in [-0.1, -0.05) is 6.58 Å². The number of carbonyl (C=O) groups excluding carboxylic acids is 1. The Kier molecular flexibility index (Phi) is 2.43. The second-order valence-electron chi connectivity index (χ2n) is 7.25. The first-order valence-electron chi connectivity index (χ1n) is 7.31. The van der Waals surface area contributed by atoms with Gasteiger partial charge in [0.05, 0.1) is 22.5 Å². The van der Waals surface area contributed by atoms with Crippen molar-refractivity contribution in [3.63, 3.8) is 0 Å². The molecule has 0 amide bonds. The Morgan fingerprint density at radius 2 is 2.05 bits per heavy atom. The molecule has 116 valence electrons. The average Bonchev–Trinajstić information content (AvgIpc) is 3.03. The van der Waals surface area contributed by atoms with Gasteiger partial charge in [-0.15, -0.1) is 11.6 Å². The second-order valence-corrected chi connectivity index (χ2v) is 7.72. The highest BCUT2D eigenvalue weighted by Gasteiger charge is 2.85. The molecule has 21 heavy (non-hydrogen) atoms. The molecule has 0 aromatic rings. The van der Waals surface area contributed by atoms with Crippen molar-refractivity contribution in [2.24, 2.45) is 11.8 Å². The fraction of sp³-hybridized carbons (Fsp3) is 0.800. The summed E-state index contributed by atoms with van der Waals surface area (Å²) in [7, 11) is 0. The van der Waals surface area contributed by atoms with Crippen LogP contribution in [0.3, 0.4) is 0 Å². The van der Waals surface area contributed by atoms with Crippen LogP contribution < -0.4 is 0 Å². The number of fused-ring (bicyclic) bond motifs is 2. The summed E-state index contributed by atoms with van der Waals surface area (Å²) in [6.07, 6.45) is 0.0825. The van der Waals surface area contributed by atoms with Gasteiger partial charge in [0.2, 0.25) is 0 Å². The van der Waals surface area contributed by atoms with Crippen LogP contribution in [-0.4, -0.2) is 50.6 Å². The minimum absolute atomic E-state index is 0.202. The monoisotopic (exact) mass is 314 g/mol. The van der Waals surface area contributed by atoms with E-state index in [0.717, 1.165) is 0 Å². The Balaban J connectivity index is 1.87. The van der Waals surface area contributed by atoms with Crippen LogP contribution in [0, 0.1) is 11.8 Å². The minimum Gasteiger partial charge on any atom is -0.458 e. The number of rotatable bonds is 0. The molecule has 4 fully saturated rings. The van der Waals surface area contributed by atoms with Gasteiger partial charge < -0.3 is 19.7 Å². The average molecular weight is 315 g/mol. The van der Waals surface area contributed by atoms with E-state index < -0.39 is 46.3 Å². The van der Waals surface area contributed by atoms with E-state index in [1.807, 2.05) is 0 Å². The number of hydrogen-bond acceptors (Lipinski definition) is 5. The van der Waals surface area contributed by atoms with E-state index in [2.05, 4.69) is 6.58 Å². The Morgan fingerprint density at radius 1 is 1.38 bits per heavy atom. The predicted molar refractivity (Wildman–Crippen MR) is 73.7 cm³/mol. The van der Waals surface area contributed by atoms with Crippen LogP contribution in [0.25, 0.3) is 0 Å². The first kappa shape index (κ1) is 14.0. The maximum atomic E-state index is 11.9. The minimum atomic E-state index is -1.27. The van der Waals surface area contributed by atoms with Crippen LogP contribution in [0.1, 0.15) is 26.7 Å². The largest absolute Gasteiger partial charge is 0.458 e. The van der Waals surface area contributed by atoms with E-state index in [1.54, 1.807) is 13.8 Å². The molecule has 8 unspecified atom stereocenters. The molecule has 1 spiro atoms. The van der Waals surface area contributed by atoms with Crippen LogP contribution in [0.5, 0.6) is 0 Å². The molecule has 0 bridgehead atoms. The van der Waals surface area contributed by atoms with Crippen molar-refractivity contribution in [1.29, 1.82) is 0 Å². The van der Waals surface area contributed by atoms with Crippen molar-refractivity contribution >= 4 is 17.6 Å². The lowest BCUT2D eigenvalue weighted by Crippen LogP contribution is -2.56. The van der Waals surface area contributed by atoms with Gasteiger partial charge in [0.25, 0.3) is 0 Å². The zero-order chi connectivity index (χ0) is 15.4. The summed E-state index contributed by atoms with van der Waals surface area (Å²) in [4.78, 5) is 11.9. The number of ether oxygens (including phenoxy) is 2. The number of epoxide rings is 1. The molecule has 5 nitrogen and oxygen atoms in total. The molecule has 2 heterocycles. The molecule has 8 atom stereocenters. The first-order valence-corrected chi connectivity index (χ1v) is 7.74. The van der Waals surface area contributed by atoms with E-state index in [0.29, 0.717) is 18.4 Å². The molecule has 4 aliphatic rings. The standard InChI is InChI=1S/C15H19ClO5/c1-6-7-4-5-13(2,18)15-9(8(7)20-12(6)17)14(3,19)10(16)11(15)21-15/h7-11,18-19H,1,4-5H2,2-3H3. The van der Waals surface area contributed by atoms with E-state index >= 15 is 0 Å². The predicted octanol–water partition coefficient (Wildman–Crippen LogP) is 0.755. The van der Waals surface area contributed by atoms with Crippen LogP contribution in [-0.2, 0) is 14.3 Å². The van der Waals surface area contributed by atoms with Crippen molar-refractivity contribution in [2.75, 3.05) is 0 Å². The summed E-state index contributed by atoms with van der Waals surface area (Å²) in [5, 5.41) is 21.2. The zero-order valence-corrected chi connectivity index (χ0v) is 12.8. The number of esters is 1. The lowest BCUT2D eigenvalue weighted by molar-refractivity contribution is -0.159. The Hall–Kier alpha value is -0.620. The smallest absolute Gasteiger partial charge is 0.334 e. The highest BCUT2D eigenvalue weighted by atomic mass is 35.5. The number of alkyl halides is 1. The molecule has 2 N–H and O–H groups in total. The summed E-state index contributed by atoms with van der Waals surface area (Å²) >= 11 is 6.36. The van der Waals surface area contributed by atoms with Crippen LogP contribution in [0.2, 0.25) is 0 Å². The second kappa shape index (κ2) is 3.65. The van der Waals surface area contributed by atoms with Crippen molar-refractivity contribution < 1.29 is 24.5 Å². The van der Waals surface area contributed by atoms with E-state index in [9.17, 15) is 15.0 Å². The molecule has 2 aliphatic heterocycles. The van der Waals surface area contributed by atoms with Gasteiger partial charge in [-0.2, -0.15) is 0 Å². The zero-order valence-electron chi connectivity index (χ0n) is 12.0. The van der Waals surface area contributed by atoms with Crippen LogP contribution in [0.4, 0.5) is 0 Å². The molecule has 6 heteroatoms. The topological polar surface area (TPSA) is 79.3 Å². The third-order valence-electron chi connectivity index (χ3n) is 6.07. The van der Waals surface area contributed by atoms with Gasteiger partial charge in [0.15, 0.2) is 0 Å². The molecule has 4 rings (SSSR count). The lowest BCUT2D eigenvalue weighted by atomic mass is 9.73. The highest BCUT2D eigenvalue weighted by Crippen LogP contribution is 2.69. The lowest BCUT2D eigenvalue weighted by Gasteiger charge is -2.40. The fourth-order valence-corrected chi connectivity index (χ4v) is 5.24. The Bertz CT molecular complexity index is 556. The Labute approximate surface area is 127 Å². The molecule has 0 radical (unpaired) electrons. The maximum absolute atomic E-state index is 11.9. The molecular formula is C15H19ClO5. The summed E-state index contributed by atoms with van der Waals surface area (Å²) in [5.41, 5.74) is -2.91. The van der Waals surface area contributed by atoms with Crippen molar-refractivity contribution in [2.45, 2.75) is 61.1 Å². The van der Waals surface area contributed by atoms with Gasteiger partial charge in [-0.05, 0) is 26.7 Å². The summed E-state index contributed by atoms with van der Waals surface area (Å²) in [6.45, 7) is 7.17. The number of carbonyl (C=O) groups is 1. The molecule has 2 saturated carbocycles. The number of halogens is 1. The van der Waals surface area contributed by atoms with Crippen molar-refractivity contribution in [3.8, 4) is 0 Å². The first-order chi connectivity index (χ1) is 9.64. The van der Waals surface area contributed by atoms with E-state index in [4.69, 9.17) is 21.1 Å². The third-order valence-corrected chi connectivity index (χ3v) is 6.74. The van der Waals surface area contributed by atoms with Gasteiger partial charge in [0.1, 0.15) is 17.8 Å². The van der Waals surface area contributed by atoms with Gasteiger partial charge in [-0.3, -0.25) is 0 Å². The van der Waals surface area contributed by atoms with Gasteiger partial charge >= 0.3 is 5.97 Å². The normalized spacial score (nSPS) is 61.7. The van der Waals surface area contributed by atoms with Crippen molar-refractivity contribution in [1.82, 2.24) is 0 Å². The molecule has 0 aromatic heterocycles. The molecule has 2 aliphatic carbocycles. The maximum Gasteiger partial charge on any atom is 0.334 e. The molecule has 2 saturated heterocycles. The third kappa shape index (κ3) is 1.37. The number of aliphatic hydroxyl groups is 2. The van der Waals surface area contributed by atoms with Gasteiger partial charge in [0, 0.05) is 11.5 Å². The fourth-order valence-electron chi connectivity index (χ4n) is 4.86. The molecule has 0 aromatic carbocycles. The Morgan fingerprint density at radius 3 is 2.71 bits per heavy atom. The number of hydrogen-bond donors (Lipinski definition) is 2. The summed E-state index contributed by atoms with van der Waals surface area (Å²) < 4.78 is 11.3. The summed E-state index contributed by atoms with van der Waals surface area (Å²) in [5.74, 6) is -1.18. The molecular weight excluding hydrogens is 296 g/mol. The van der Waals surface area contributed by atoms with Crippen LogP contribution >= 0.6 is 11.6 Å². The SMILES string of the molecule is C=C1C(=O)OC2C1CCC(C)(O)C13OC1C(Cl)C(C)(O)C23. The summed E-state index contributed by atoms with van der Waals surface area (Å²) in [6, 6.07) is 0. The van der Waals surface area contributed by atoms with E-state index in [-0.39, 0.29) is 5.92 Å². The quantitative estimate of drug-likeness (QED) is 0.299.